The summed E-state index contributed by atoms with van der Waals surface area (Å²) in [5.41, 5.74) is 0.719. The molecule has 26 heavy (non-hydrogen) atoms. The zero-order chi connectivity index (χ0) is 18.7. The number of rotatable bonds is 2. The minimum atomic E-state index is -0.283. The van der Waals surface area contributed by atoms with Crippen LogP contribution in [0.25, 0.3) is 0 Å². The Morgan fingerprint density at radius 1 is 1.15 bits per heavy atom. The first kappa shape index (κ1) is 18.6. The van der Waals surface area contributed by atoms with E-state index in [9.17, 15) is 14.0 Å². The van der Waals surface area contributed by atoms with Gasteiger partial charge in [-0.15, -0.1) is 0 Å². The molecule has 2 fully saturated rings. The summed E-state index contributed by atoms with van der Waals surface area (Å²) in [6.07, 6.45) is 2.16. The van der Waals surface area contributed by atoms with Crippen LogP contribution in [-0.2, 0) is 11.3 Å². The summed E-state index contributed by atoms with van der Waals surface area (Å²) < 4.78 is 13.0. The van der Waals surface area contributed by atoms with Gasteiger partial charge in [-0.25, -0.2) is 9.18 Å². The molecule has 2 saturated heterocycles. The fraction of sp³-hybridized carbons (Fsp3) is 0.579. The Kier molecular flexibility index (Phi) is 5.46. The first-order valence-corrected chi connectivity index (χ1v) is 9.12. The molecule has 1 atom stereocenters. The number of halogens is 1. The summed E-state index contributed by atoms with van der Waals surface area (Å²) in [6, 6.07) is 6.03. The molecule has 0 radical (unpaired) electrons. The standard InChI is InChI=1S/C19H27FN4O2/c1-22-10-9-19(8-7-17(22)25)14-24(12-11-23(19)2)18(26)21-13-15-3-5-16(20)6-4-15/h3-6H,7-14H2,1-2H3,(H,21,26)/t19-/m0/s1. The van der Waals surface area contributed by atoms with Gasteiger partial charge >= 0.3 is 6.03 Å². The maximum atomic E-state index is 13.0. The highest BCUT2D eigenvalue weighted by Crippen LogP contribution is 2.31. The predicted molar refractivity (Wildman–Crippen MR) is 97.1 cm³/mol. The third-order valence-corrected chi connectivity index (χ3v) is 5.79. The molecular weight excluding hydrogens is 335 g/mol. The van der Waals surface area contributed by atoms with E-state index >= 15 is 0 Å². The maximum Gasteiger partial charge on any atom is 0.317 e. The molecule has 3 amide bonds. The topological polar surface area (TPSA) is 55.9 Å². The lowest BCUT2D eigenvalue weighted by Gasteiger charge is -2.49. The number of hydrogen-bond acceptors (Lipinski definition) is 3. The van der Waals surface area contributed by atoms with E-state index in [1.807, 2.05) is 11.9 Å². The van der Waals surface area contributed by atoms with Gasteiger partial charge < -0.3 is 15.1 Å². The van der Waals surface area contributed by atoms with Gasteiger partial charge in [0.2, 0.25) is 5.91 Å². The van der Waals surface area contributed by atoms with Gasteiger partial charge in [-0.2, -0.15) is 0 Å². The summed E-state index contributed by atoms with van der Waals surface area (Å²) in [5, 5.41) is 2.93. The Bertz CT molecular complexity index is 666. The number of nitrogens with one attached hydrogen (secondary N) is 1. The van der Waals surface area contributed by atoms with Crippen LogP contribution in [0.1, 0.15) is 24.8 Å². The molecule has 1 N–H and O–H groups in total. The second-order valence-electron chi connectivity index (χ2n) is 7.42. The Balaban J connectivity index is 1.62. The zero-order valence-electron chi connectivity index (χ0n) is 15.5. The van der Waals surface area contributed by atoms with Crippen molar-refractivity contribution in [1.29, 1.82) is 0 Å². The van der Waals surface area contributed by atoms with Crippen molar-refractivity contribution in [3.05, 3.63) is 35.6 Å². The molecule has 7 heteroatoms. The van der Waals surface area contributed by atoms with Gasteiger partial charge in [-0.05, 0) is 37.6 Å². The average molecular weight is 362 g/mol. The van der Waals surface area contributed by atoms with Crippen molar-refractivity contribution in [2.75, 3.05) is 40.3 Å². The van der Waals surface area contributed by atoms with Crippen molar-refractivity contribution in [3.8, 4) is 0 Å². The van der Waals surface area contributed by atoms with Crippen molar-refractivity contribution in [2.45, 2.75) is 31.3 Å². The van der Waals surface area contributed by atoms with Gasteiger partial charge in [0.25, 0.3) is 0 Å². The van der Waals surface area contributed by atoms with Crippen molar-refractivity contribution in [3.63, 3.8) is 0 Å². The molecule has 0 saturated carbocycles. The molecule has 3 rings (SSSR count). The molecule has 0 aromatic heterocycles. The Morgan fingerprint density at radius 2 is 1.88 bits per heavy atom. The van der Waals surface area contributed by atoms with E-state index < -0.39 is 0 Å². The highest BCUT2D eigenvalue weighted by molar-refractivity contribution is 5.76. The maximum absolute atomic E-state index is 13.0. The number of carbonyl (C=O) groups is 2. The normalized spacial score (nSPS) is 24.7. The third-order valence-electron chi connectivity index (χ3n) is 5.79. The number of urea groups is 1. The van der Waals surface area contributed by atoms with Gasteiger partial charge in [-0.1, -0.05) is 12.1 Å². The molecule has 2 aliphatic rings. The quantitative estimate of drug-likeness (QED) is 0.871. The third kappa shape index (κ3) is 3.98. The monoisotopic (exact) mass is 362 g/mol. The fourth-order valence-electron chi connectivity index (χ4n) is 3.82. The molecule has 142 valence electrons. The van der Waals surface area contributed by atoms with Gasteiger partial charge in [0, 0.05) is 51.7 Å². The second-order valence-corrected chi connectivity index (χ2v) is 7.42. The van der Waals surface area contributed by atoms with E-state index in [-0.39, 0.29) is 23.3 Å². The van der Waals surface area contributed by atoms with E-state index in [1.165, 1.54) is 12.1 Å². The van der Waals surface area contributed by atoms with Crippen LogP contribution in [0.2, 0.25) is 0 Å². The largest absolute Gasteiger partial charge is 0.346 e. The van der Waals surface area contributed by atoms with E-state index in [2.05, 4.69) is 17.3 Å². The number of benzene rings is 1. The van der Waals surface area contributed by atoms with Crippen LogP contribution < -0.4 is 5.32 Å². The van der Waals surface area contributed by atoms with Crippen molar-refractivity contribution >= 4 is 11.9 Å². The highest BCUT2D eigenvalue weighted by atomic mass is 19.1. The van der Waals surface area contributed by atoms with Crippen LogP contribution in [0.5, 0.6) is 0 Å². The first-order chi connectivity index (χ1) is 12.4. The molecule has 0 bridgehead atoms. The Hall–Kier alpha value is -2.15. The molecule has 0 unspecified atom stereocenters. The van der Waals surface area contributed by atoms with Crippen LogP contribution in [0.4, 0.5) is 9.18 Å². The minimum Gasteiger partial charge on any atom is -0.346 e. The Labute approximate surface area is 153 Å². The number of piperazine rings is 1. The number of likely N-dealkylation sites (N-methyl/N-ethyl adjacent to an activating group) is 1. The van der Waals surface area contributed by atoms with Crippen LogP contribution in [-0.4, -0.2) is 72.5 Å². The fourth-order valence-corrected chi connectivity index (χ4v) is 3.82. The molecule has 1 aromatic carbocycles. The summed E-state index contributed by atoms with van der Waals surface area (Å²) in [5.74, 6) is -0.109. The summed E-state index contributed by atoms with van der Waals surface area (Å²) in [6.45, 7) is 3.17. The summed E-state index contributed by atoms with van der Waals surface area (Å²) in [7, 11) is 3.93. The number of likely N-dealkylation sites (tertiary alicyclic amines) is 1. The molecule has 0 aliphatic carbocycles. The van der Waals surface area contributed by atoms with E-state index in [0.29, 0.717) is 32.6 Å². The predicted octanol–water partition coefficient (Wildman–Crippen LogP) is 1.66. The second kappa shape index (κ2) is 7.61. The van der Waals surface area contributed by atoms with Crippen LogP contribution >= 0.6 is 0 Å². The molecular formula is C19H27FN4O2. The smallest absolute Gasteiger partial charge is 0.317 e. The van der Waals surface area contributed by atoms with Gasteiger partial charge in [0.05, 0.1) is 0 Å². The molecule has 1 spiro atoms. The van der Waals surface area contributed by atoms with Gasteiger partial charge in [0.1, 0.15) is 5.82 Å². The SMILES string of the molecule is CN1CC[C@@]2(CCC1=O)CN(C(=O)NCc1ccc(F)cc1)CCN2C. The molecule has 6 nitrogen and oxygen atoms in total. The summed E-state index contributed by atoms with van der Waals surface area (Å²) >= 11 is 0. The lowest BCUT2D eigenvalue weighted by molar-refractivity contribution is -0.129. The lowest BCUT2D eigenvalue weighted by atomic mass is 9.86. The number of amides is 3. The average Bonchev–Trinajstić information content (AvgIpc) is 2.78. The van der Waals surface area contributed by atoms with Gasteiger partial charge in [0.15, 0.2) is 0 Å². The van der Waals surface area contributed by atoms with E-state index in [4.69, 9.17) is 0 Å². The lowest BCUT2D eigenvalue weighted by Crippen LogP contribution is -2.63. The number of nitrogens with zero attached hydrogens (tertiary/aromatic N) is 3. The van der Waals surface area contributed by atoms with E-state index in [1.54, 1.807) is 17.0 Å². The van der Waals surface area contributed by atoms with Crippen LogP contribution in [0.3, 0.4) is 0 Å². The molecule has 2 heterocycles. The number of carbonyl (C=O) groups excluding carboxylic acids is 2. The first-order valence-electron chi connectivity index (χ1n) is 9.12. The van der Waals surface area contributed by atoms with Crippen LogP contribution in [0.15, 0.2) is 24.3 Å². The minimum absolute atomic E-state index is 0.106. The number of hydrogen-bond donors (Lipinski definition) is 1. The van der Waals surface area contributed by atoms with Crippen molar-refractivity contribution in [1.82, 2.24) is 20.0 Å². The highest BCUT2D eigenvalue weighted by Gasteiger charge is 2.42. The van der Waals surface area contributed by atoms with Crippen molar-refractivity contribution in [2.24, 2.45) is 0 Å². The Morgan fingerprint density at radius 3 is 2.62 bits per heavy atom. The molecule has 2 aliphatic heterocycles. The van der Waals surface area contributed by atoms with Crippen LogP contribution in [0, 0.1) is 5.82 Å². The summed E-state index contributed by atoms with van der Waals surface area (Å²) in [4.78, 5) is 30.6. The molecule has 1 aromatic rings. The van der Waals surface area contributed by atoms with E-state index in [0.717, 1.165) is 24.9 Å². The van der Waals surface area contributed by atoms with Crippen molar-refractivity contribution < 1.29 is 14.0 Å². The van der Waals surface area contributed by atoms with Gasteiger partial charge in [-0.3, -0.25) is 9.69 Å². The zero-order valence-corrected chi connectivity index (χ0v) is 15.5.